The summed E-state index contributed by atoms with van der Waals surface area (Å²) in [5, 5.41) is 14.5. The molecule has 0 saturated carbocycles. The number of nitrogens with zero attached hydrogens (tertiary/aromatic N) is 4. The van der Waals surface area contributed by atoms with Crippen molar-refractivity contribution in [3.63, 3.8) is 0 Å². The van der Waals surface area contributed by atoms with Gasteiger partial charge in [-0.25, -0.2) is 0 Å². The van der Waals surface area contributed by atoms with Crippen molar-refractivity contribution in [1.29, 1.82) is 0 Å². The Balaban J connectivity index is 1.81. The average molecular weight is 366 g/mol. The van der Waals surface area contributed by atoms with E-state index in [-0.39, 0.29) is 5.25 Å². The maximum absolute atomic E-state index is 5.40. The molecule has 2 aromatic carbocycles. The lowest BCUT2D eigenvalue weighted by Crippen LogP contribution is -2.21. The molecule has 2 heterocycles. The van der Waals surface area contributed by atoms with Crippen LogP contribution in [-0.2, 0) is 0 Å². The highest BCUT2D eigenvalue weighted by atomic mass is 32.2. The van der Waals surface area contributed by atoms with Gasteiger partial charge in [0, 0.05) is 5.56 Å². The van der Waals surface area contributed by atoms with Crippen LogP contribution in [0.3, 0.4) is 0 Å². The van der Waals surface area contributed by atoms with Crippen LogP contribution in [-0.4, -0.2) is 40.1 Å². The first-order valence-corrected chi connectivity index (χ1v) is 9.08. The minimum Gasteiger partial charge on any atom is -0.493 e. The van der Waals surface area contributed by atoms with Gasteiger partial charge in [0.15, 0.2) is 17.3 Å². The summed E-state index contributed by atoms with van der Waals surface area (Å²) in [5.41, 5.74) is 2.97. The van der Waals surface area contributed by atoms with Gasteiger partial charge in [-0.1, -0.05) is 42.1 Å². The zero-order valence-electron chi connectivity index (χ0n) is 14.7. The Labute approximate surface area is 155 Å². The summed E-state index contributed by atoms with van der Waals surface area (Å²) < 4.78 is 12.5. The lowest BCUT2D eigenvalue weighted by Gasteiger charge is -2.20. The van der Waals surface area contributed by atoms with Crippen LogP contribution >= 0.6 is 11.8 Å². The van der Waals surface area contributed by atoms with E-state index in [2.05, 4.69) is 29.3 Å². The van der Waals surface area contributed by atoms with Gasteiger partial charge in [-0.2, -0.15) is 9.78 Å². The van der Waals surface area contributed by atoms with Crippen molar-refractivity contribution in [3.8, 4) is 22.9 Å². The minimum atomic E-state index is 0.201. The van der Waals surface area contributed by atoms with E-state index >= 15 is 0 Å². The molecule has 0 N–H and O–H groups in total. The van der Waals surface area contributed by atoms with Gasteiger partial charge in [0.25, 0.3) is 0 Å². The average Bonchev–Trinajstić information content (AvgIpc) is 3.10. The standard InChI is InChI=1S/C19H18N4O2S/c1-12-17(13-7-5-4-6-8-13)22-23-18(20-21-19(23)26-12)14-9-10-15(24-2)16(11-14)25-3/h4-12H,1-3H3/t12-/m1/s1. The van der Waals surface area contributed by atoms with Gasteiger partial charge < -0.3 is 9.47 Å². The molecule has 0 bridgehead atoms. The van der Waals surface area contributed by atoms with Crippen LogP contribution in [0.4, 0.5) is 0 Å². The molecule has 0 radical (unpaired) electrons. The molecule has 26 heavy (non-hydrogen) atoms. The SMILES string of the molecule is COc1ccc(-c2nnc3n2N=C(c2ccccc2)[C@@H](C)S3)cc1OC. The highest BCUT2D eigenvalue weighted by molar-refractivity contribution is 8.00. The van der Waals surface area contributed by atoms with Crippen LogP contribution in [0.15, 0.2) is 58.8 Å². The molecule has 0 unspecified atom stereocenters. The number of aromatic nitrogens is 3. The van der Waals surface area contributed by atoms with Crippen molar-refractivity contribution in [2.75, 3.05) is 14.2 Å². The molecule has 6 nitrogen and oxygen atoms in total. The summed E-state index contributed by atoms with van der Waals surface area (Å²) in [6.07, 6.45) is 0. The van der Waals surface area contributed by atoms with E-state index in [4.69, 9.17) is 14.6 Å². The molecule has 0 saturated heterocycles. The minimum absolute atomic E-state index is 0.201. The zero-order chi connectivity index (χ0) is 18.1. The van der Waals surface area contributed by atoms with Crippen molar-refractivity contribution in [2.45, 2.75) is 17.3 Å². The van der Waals surface area contributed by atoms with Crippen LogP contribution in [0.25, 0.3) is 11.4 Å². The Kier molecular flexibility index (Phi) is 4.38. The molecule has 132 valence electrons. The van der Waals surface area contributed by atoms with Gasteiger partial charge in [0.05, 0.1) is 25.2 Å². The third-order valence-electron chi connectivity index (χ3n) is 4.20. The van der Waals surface area contributed by atoms with E-state index in [0.717, 1.165) is 22.0 Å². The molecular formula is C19H18N4O2S. The van der Waals surface area contributed by atoms with Crippen molar-refractivity contribution in [3.05, 3.63) is 54.1 Å². The zero-order valence-corrected chi connectivity index (χ0v) is 15.5. The Bertz CT molecular complexity index is 969. The fraction of sp³-hybridized carbons (Fsp3) is 0.211. The third-order valence-corrected chi connectivity index (χ3v) is 5.24. The van der Waals surface area contributed by atoms with Crippen molar-refractivity contribution in [1.82, 2.24) is 14.9 Å². The summed E-state index contributed by atoms with van der Waals surface area (Å²) in [6.45, 7) is 2.13. The monoisotopic (exact) mass is 366 g/mol. The van der Waals surface area contributed by atoms with Gasteiger partial charge in [-0.3, -0.25) is 0 Å². The fourth-order valence-electron chi connectivity index (χ4n) is 2.89. The quantitative estimate of drug-likeness (QED) is 0.704. The lowest BCUT2D eigenvalue weighted by molar-refractivity contribution is 0.355. The van der Waals surface area contributed by atoms with E-state index < -0.39 is 0 Å². The summed E-state index contributed by atoms with van der Waals surface area (Å²) in [5.74, 6) is 1.99. The predicted octanol–water partition coefficient (Wildman–Crippen LogP) is 3.71. The number of hydrogen-bond acceptors (Lipinski definition) is 6. The third kappa shape index (κ3) is 2.84. The van der Waals surface area contributed by atoms with Gasteiger partial charge in [-0.15, -0.1) is 10.2 Å². The second kappa shape index (κ2) is 6.84. The van der Waals surface area contributed by atoms with E-state index in [1.807, 2.05) is 36.4 Å². The molecule has 4 rings (SSSR count). The number of fused-ring (bicyclic) bond motifs is 1. The summed E-state index contributed by atoms with van der Waals surface area (Å²) in [4.78, 5) is 0. The summed E-state index contributed by atoms with van der Waals surface area (Å²) >= 11 is 1.65. The van der Waals surface area contributed by atoms with Gasteiger partial charge >= 0.3 is 0 Å². The maximum atomic E-state index is 5.40. The van der Waals surface area contributed by atoms with Crippen LogP contribution in [0.5, 0.6) is 11.5 Å². The molecule has 1 aliphatic heterocycles. The van der Waals surface area contributed by atoms with Gasteiger partial charge in [-0.05, 0) is 30.7 Å². The van der Waals surface area contributed by atoms with Crippen LogP contribution in [0, 0.1) is 0 Å². The molecule has 0 fully saturated rings. The molecule has 7 heteroatoms. The first-order valence-electron chi connectivity index (χ1n) is 8.20. The molecule has 1 atom stereocenters. The highest BCUT2D eigenvalue weighted by Gasteiger charge is 2.26. The van der Waals surface area contributed by atoms with Gasteiger partial charge in [0.1, 0.15) is 0 Å². The molecule has 1 aliphatic rings. The number of ether oxygens (including phenoxy) is 2. The fourth-order valence-corrected chi connectivity index (χ4v) is 3.81. The second-order valence-electron chi connectivity index (χ2n) is 5.80. The summed E-state index contributed by atoms with van der Waals surface area (Å²) in [7, 11) is 3.23. The van der Waals surface area contributed by atoms with Gasteiger partial charge in [0.2, 0.25) is 5.16 Å². The van der Waals surface area contributed by atoms with E-state index in [9.17, 15) is 0 Å². The van der Waals surface area contributed by atoms with Crippen LogP contribution < -0.4 is 9.47 Å². The molecule has 0 aliphatic carbocycles. The first-order chi connectivity index (χ1) is 12.7. The maximum Gasteiger partial charge on any atom is 0.213 e. The normalized spacial score (nSPS) is 16.0. The van der Waals surface area contributed by atoms with E-state index in [1.54, 1.807) is 30.7 Å². The van der Waals surface area contributed by atoms with Crippen LogP contribution in [0.1, 0.15) is 12.5 Å². The lowest BCUT2D eigenvalue weighted by atomic mass is 10.1. The summed E-state index contributed by atoms with van der Waals surface area (Å²) in [6, 6.07) is 15.9. The predicted molar refractivity (Wildman–Crippen MR) is 102 cm³/mol. The molecule has 0 amide bonds. The number of hydrogen-bond donors (Lipinski definition) is 0. The Morgan fingerprint density at radius 1 is 0.923 bits per heavy atom. The molecule has 1 aromatic heterocycles. The molecule has 0 spiro atoms. The number of thioether (sulfide) groups is 1. The Morgan fingerprint density at radius 3 is 2.42 bits per heavy atom. The number of methoxy groups -OCH3 is 2. The van der Waals surface area contributed by atoms with Crippen LogP contribution in [0.2, 0.25) is 0 Å². The topological polar surface area (TPSA) is 61.5 Å². The first kappa shape index (κ1) is 16.7. The van der Waals surface area contributed by atoms with Crippen molar-refractivity contribution < 1.29 is 9.47 Å². The molecule has 3 aromatic rings. The van der Waals surface area contributed by atoms with E-state index in [0.29, 0.717) is 17.3 Å². The highest BCUT2D eigenvalue weighted by Crippen LogP contribution is 2.35. The van der Waals surface area contributed by atoms with Crippen molar-refractivity contribution in [2.24, 2.45) is 5.10 Å². The largest absolute Gasteiger partial charge is 0.493 e. The van der Waals surface area contributed by atoms with Crippen molar-refractivity contribution >= 4 is 17.5 Å². The number of benzene rings is 2. The Hall–Kier alpha value is -2.80. The second-order valence-corrected chi connectivity index (χ2v) is 7.11. The Morgan fingerprint density at radius 2 is 1.69 bits per heavy atom. The smallest absolute Gasteiger partial charge is 0.213 e. The molecular weight excluding hydrogens is 348 g/mol. The number of rotatable bonds is 4. The van der Waals surface area contributed by atoms with E-state index in [1.165, 1.54) is 0 Å².